The molecule has 0 saturated carbocycles. The monoisotopic (exact) mass is 761 g/mol. The molecule has 290 valence electrons. The molecule has 4 N–H and O–H groups in total. The number of rotatable bonds is 15. The van der Waals surface area contributed by atoms with Gasteiger partial charge in [-0.15, -0.1) is 0 Å². The number of hydrogen-bond donors (Lipinski definition) is 4. The number of nitrogens with one attached hydrogen (secondary N) is 4. The smallest absolute Gasteiger partial charge is 0.411 e. The molecule has 1 saturated heterocycles. The molecule has 0 bridgehead atoms. The Morgan fingerprint density at radius 3 is 1.93 bits per heavy atom. The number of furan rings is 1. The Bertz CT molecular complexity index is 2240. The van der Waals surface area contributed by atoms with Crippen LogP contribution in [0.25, 0.3) is 33.4 Å². The van der Waals surface area contributed by atoms with Crippen molar-refractivity contribution < 1.29 is 23.5 Å². The topological polar surface area (TPSA) is 125 Å². The van der Waals surface area contributed by atoms with E-state index < -0.39 is 6.09 Å². The summed E-state index contributed by atoms with van der Waals surface area (Å²) in [6.45, 7) is 3.07. The highest BCUT2D eigenvalue weighted by Gasteiger charge is 2.24. The summed E-state index contributed by atoms with van der Waals surface area (Å²) in [7, 11) is 0. The van der Waals surface area contributed by atoms with Crippen LogP contribution in [0.3, 0.4) is 0 Å². The SMILES string of the molecule is O=C(CCNCc1ccco1)Nc1cccc(NC(=O)CCN2CCC(OC(=O)Nc3cccc(-c4ccccc4)c3-c3ccccc3-c3ccccc3)CC2)c1. The average Bonchev–Trinajstić information content (AvgIpc) is 3.77. The summed E-state index contributed by atoms with van der Waals surface area (Å²) < 4.78 is 11.3. The minimum atomic E-state index is -0.489. The molecule has 0 radical (unpaired) electrons. The molecule has 0 spiro atoms. The fourth-order valence-electron chi connectivity index (χ4n) is 7.13. The number of nitrogens with zero attached hydrogens (tertiary/aromatic N) is 1. The number of hydrogen-bond acceptors (Lipinski definition) is 7. The fourth-order valence-corrected chi connectivity index (χ4v) is 7.13. The molecule has 1 fully saturated rings. The summed E-state index contributed by atoms with van der Waals surface area (Å²) >= 11 is 0. The molecule has 6 aromatic rings. The van der Waals surface area contributed by atoms with Crippen molar-refractivity contribution in [1.29, 1.82) is 0 Å². The van der Waals surface area contributed by atoms with Crippen molar-refractivity contribution in [2.45, 2.75) is 38.3 Å². The lowest BCUT2D eigenvalue weighted by Crippen LogP contribution is -2.39. The van der Waals surface area contributed by atoms with Crippen LogP contribution >= 0.6 is 0 Å². The summed E-state index contributed by atoms with van der Waals surface area (Å²) in [5.74, 6) is 0.581. The largest absolute Gasteiger partial charge is 0.468 e. The van der Waals surface area contributed by atoms with Crippen molar-refractivity contribution in [3.05, 3.63) is 152 Å². The first-order valence-corrected chi connectivity index (χ1v) is 19.4. The van der Waals surface area contributed by atoms with Crippen LogP contribution < -0.4 is 21.3 Å². The molecule has 0 unspecified atom stereocenters. The quantitative estimate of drug-likeness (QED) is 0.0769. The van der Waals surface area contributed by atoms with Gasteiger partial charge in [0.05, 0.1) is 18.5 Å². The Morgan fingerprint density at radius 1 is 0.632 bits per heavy atom. The molecule has 10 heteroatoms. The van der Waals surface area contributed by atoms with Gasteiger partial charge in [-0.05, 0) is 77.1 Å². The Kier molecular flexibility index (Phi) is 13.2. The molecule has 57 heavy (non-hydrogen) atoms. The second-order valence-electron chi connectivity index (χ2n) is 14.0. The summed E-state index contributed by atoms with van der Waals surface area (Å²) in [6.07, 6.45) is 2.85. The van der Waals surface area contributed by atoms with E-state index in [2.05, 4.69) is 68.6 Å². The highest BCUT2D eigenvalue weighted by molar-refractivity contribution is 6.01. The molecule has 7 rings (SSSR count). The van der Waals surface area contributed by atoms with Crippen LogP contribution in [0, 0.1) is 0 Å². The number of amides is 3. The van der Waals surface area contributed by atoms with Crippen molar-refractivity contribution in [2.75, 3.05) is 42.1 Å². The Labute approximate surface area is 333 Å². The van der Waals surface area contributed by atoms with Crippen LogP contribution in [-0.4, -0.2) is 55.1 Å². The van der Waals surface area contributed by atoms with Gasteiger partial charge in [0, 0.05) is 56.0 Å². The van der Waals surface area contributed by atoms with E-state index >= 15 is 0 Å². The summed E-state index contributed by atoms with van der Waals surface area (Å²) in [5, 5.41) is 12.1. The number of benzene rings is 5. The van der Waals surface area contributed by atoms with Crippen LogP contribution in [0.15, 0.2) is 150 Å². The third kappa shape index (κ3) is 10.8. The van der Waals surface area contributed by atoms with Crippen LogP contribution in [0.5, 0.6) is 0 Å². The van der Waals surface area contributed by atoms with Gasteiger partial charge in [-0.3, -0.25) is 14.9 Å². The number of likely N-dealkylation sites (tertiary alicyclic amines) is 1. The van der Waals surface area contributed by atoms with Gasteiger partial charge in [-0.25, -0.2) is 4.79 Å². The van der Waals surface area contributed by atoms with E-state index in [4.69, 9.17) is 9.15 Å². The maximum atomic E-state index is 13.5. The van der Waals surface area contributed by atoms with Gasteiger partial charge in [0.1, 0.15) is 11.9 Å². The van der Waals surface area contributed by atoms with Gasteiger partial charge < -0.3 is 30.0 Å². The maximum Gasteiger partial charge on any atom is 0.411 e. The van der Waals surface area contributed by atoms with E-state index in [9.17, 15) is 14.4 Å². The van der Waals surface area contributed by atoms with Gasteiger partial charge >= 0.3 is 6.09 Å². The molecule has 2 heterocycles. The normalized spacial score (nSPS) is 13.1. The molecule has 10 nitrogen and oxygen atoms in total. The maximum absolute atomic E-state index is 13.5. The van der Waals surface area contributed by atoms with E-state index in [0.29, 0.717) is 75.5 Å². The lowest BCUT2D eigenvalue weighted by Gasteiger charge is -2.31. The second kappa shape index (κ2) is 19.4. The zero-order chi connectivity index (χ0) is 39.2. The predicted molar refractivity (Wildman–Crippen MR) is 226 cm³/mol. The first-order chi connectivity index (χ1) is 28.0. The molecule has 1 aliphatic rings. The predicted octanol–water partition coefficient (Wildman–Crippen LogP) is 9.44. The van der Waals surface area contributed by atoms with Gasteiger partial charge in [-0.2, -0.15) is 0 Å². The van der Waals surface area contributed by atoms with Crippen molar-refractivity contribution in [1.82, 2.24) is 10.2 Å². The van der Waals surface area contributed by atoms with Gasteiger partial charge in [0.2, 0.25) is 11.8 Å². The second-order valence-corrected chi connectivity index (χ2v) is 14.0. The summed E-state index contributed by atoms with van der Waals surface area (Å²) in [5.41, 5.74) is 8.06. The molecular weight excluding hydrogens is 715 g/mol. The molecule has 0 aliphatic carbocycles. The molecule has 3 amide bonds. The van der Waals surface area contributed by atoms with Gasteiger partial charge in [0.15, 0.2) is 0 Å². The number of anilines is 3. The van der Waals surface area contributed by atoms with Crippen LogP contribution in [0.1, 0.15) is 31.4 Å². The molecule has 1 aliphatic heterocycles. The average molecular weight is 762 g/mol. The van der Waals surface area contributed by atoms with E-state index in [1.165, 1.54) is 0 Å². The Morgan fingerprint density at radius 2 is 1.25 bits per heavy atom. The van der Waals surface area contributed by atoms with E-state index in [0.717, 1.165) is 39.1 Å². The lowest BCUT2D eigenvalue weighted by atomic mass is 9.88. The minimum Gasteiger partial charge on any atom is -0.468 e. The lowest BCUT2D eigenvalue weighted by molar-refractivity contribution is -0.117. The van der Waals surface area contributed by atoms with Crippen LogP contribution in [0.2, 0.25) is 0 Å². The number of ether oxygens (including phenoxy) is 1. The van der Waals surface area contributed by atoms with Gasteiger partial charge in [0.25, 0.3) is 0 Å². The third-order valence-corrected chi connectivity index (χ3v) is 9.97. The minimum absolute atomic E-state index is 0.110. The van der Waals surface area contributed by atoms with Crippen molar-refractivity contribution in [3.63, 3.8) is 0 Å². The fraction of sp³-hybridized carbons (Fsp3) is 0.213. The zero-order valence-electron chi connectivity index (χ0n) is 31.8. The molecular formula is C47H47N5O5. The number of carbonyl (C=O) groups excluding carboxylic acids is 3. The Hall–Kier alpha value is -6.49. The standard InChI is InChI=1S/C47H47N5O5/c53-44(23-27-48-33-39-18-11-31-56-39)49-36-16-9-17-37(32-36)50-45(54)26-30-52-28-24-38(25-29-52)57-47(55)51-43-22-10-21-41(35-14-5-2-6-15-35)46(43)42-20-8-7-19-40(42)34-12-3-1-4-13-34/h1-22,31-32,38,48H,23-30,33H2,(H,49,53)(H,50,54)(H,51,55). The number of carbonyl (C=O) groups is 3. The molecule has 0 atom stereocenters. The van der Waals surface area contributed by atoms with Crippen molar-refractivity contribution in [3.8, 4) is 33.4 Å². The number of piperidine rings is 1. The van der Waals surface area contributed by atoms with E-state index in [-0.39, 0.29) is 17.9 Å². The van der Waals surface area contributed by atoms with E-state index in [1.54, 1.807) is 30.5 Å². The first kappa shape index (κ1) is 38.8. The summed E-state index contributed by atoms with van der Waals surface area (Å²) in [4.78, 5) is 41.0. The first-order valence-electron chi connectivity index (χ1n) is 19.4. The molecule has 5 aromatic carbocycles. The van der Waals surface area contributed by atoms with E-state index in [1.807, 2.05) is 72.8 Å². The van der Waals surface area contributed by atoms with Crippen LogP contribution in [-0.2, 0) is 20.9 Å². The Balaban J connectivity index is 0.894. The zero-order valence-corrected chi connectivity index (χ0v) is 31.8. The third-order valence-electron chi connectivity index (χ3n) is 9.97. The van der Waals surface area contributed by atoms with Crippen molar-refractivity contribution in [2.24, 2.45) is 0 Å². The molecule has 1 aromatic heterocycles. The van der Waals surface area contributed by atoms with Crippen molar-refractivity contribution >= 4 is 35.0 Å². The van der Waals surface area contributed by atoms with Gasteiger partial charge in [-0.1, -0.05) is 103 Å². The highest BCUT2D eigenvalue weighted by atomic mass is 16.6. The highest BCUT2D eigenvalue weighted by Crippen LogP contribution is 2.42. The van der Waals surface area contributed by atoms with Crippen LogP contribution in [0.4, 0.5) is 21.9 Å². The summed E-state index contributed by atoms with van der Waals surface area (Å²) in [6, 6.07) is 45.5.